The summed E-state index contributed by atoms with van der Waals surface area (Å²) >= 11 is 0. The highest BCUT2D eigenvalue weighted by Gasteiger charge is 2.30. The fraction of sp³-hybridized carbons (Fsp3) is 0.375. The first kappa shape index (κ1) is 20.4. The fourth-order valence-corrected chi connectivity index (χ4v) is 4.54. The first-order valence-electron chi connectivity index (χ1n) is 11.0. The average Bonchev–Trinajstić information content (AvgIpc) is 3.46. The van der Waals surface area contributed by atoms with E-state index >= 15 is 0 Å². The van der Waals surface area contributed by atoms with Gasteiger partial charge in [-0.1, -0.05) is 5.92 Å². The molecule has 0 aliphatic carbocycles. The smallest absolute Gasteiger partial charge is 0.298 e. The monoisotopic (exact) mass is 435 g/mol. The van der Waals surface area contributed by atoms with Gasteiger partial charge in [-0.15, -0.1) is 0 Å². The number of hydrogen-bond donors (Lipinski definition) is 0. The molecule has 1 unspecified atom stereocenters. The highest BCUT2D eigenvalue weighted by molar-refractivity contribution is 5.94. The van der Waals surface area contributed by atoms with E-state index in [2.05, 4.69) is 16.9 Å². The van der Waals surface area contributed by atoms with E-state index in [1.807, 2.05) is 11.0 Å². The van der Waals surface area contributed by atoms with Crippen LogP contribution in [0.1, 0.15) is 49.3 Å². The highest BCUT2D eigenvalue weighted by Crippen LogP contribution is 2.36. The molecule has 0 radical (unpaired) electrons. The summed E-state index contributed by atoms with van der Waals surface area (Å²) in [6.45, 7) is 2.18. The van der Waals surface area contributed by atoms with Crippen molar-refractivity contribution in [3.05, 3.63) is 59.4 Å². The summed E-state index contributed by atoms with van der Waals surface area (Å²) < 4.78 is 29.8. The Labute approximate surface area is 184 Å². The molecular weight excluding hydrogens is 412 g/mol. The number of likely N-dealkylation sites (tertiary alicyclic amines) is 1. The highest BCUT2D eigenvalue weighted by atomic mass is 19.1. The van der Waals surface area contributed by atoms with Gasteiger partial charge in [-0.3, -0.25) is 4.79 Å². The van der Waals surface area contributed by atoms with Crippen molar-refractivity contribution >= 4 is 17.4 Å². The predicted octanol–water partition coefficient (Wildman–Crippen LogP) is 3.71. The van der Waals surface area contributed by atoms with Gasteiger partial charge in [-0.05, 0) is 56.4 Å². The van der Waals surface area contributed by atoms with Crippen LogP contribution in [-0.4, -0.2) is 45.0 Å². The number of hydrogen-bond acceptors (Lipinski definition) is 4. The topological polar surface area (TPSA) is 53.7 Å². The van der Waals surface area contributed by atoms with Crippen LogP contribution in [0, 0.1) is 23.5 Å². The number of aromatic nitrogens is 3. The van der Waals surface area contributed by atoms with E-state index in [0.29, 0.717) is 35.6 Å². The lowest BCUT2D eigenvalue weighted by Crippen LogP contribution is -2.34. The van der Waals surface area contributed by atoms with E-state index in [1.165, 1.54) is 12.1 Å². The molecule has 0 bridgehead atoms. The third-order valence-electron chi connectivity index (χ3n) is 6.17. The summed E-state index contributed by atoms with van der Waals surface area (Å²) in [6.07, 6.45) is 8.10. The second-order valence-corrected chi connectivity index (χ2v) is 8.23. The number of piperidine rings is 1. The molecule has 0 saturated carbocycles. The van der Waals surface area contributed by atoms with Crippen LogP contribution < -0.4 is 4.90 Å². The van der Waals surface area contributed by atoms with Gasteiger partial charge in [-0.25, -0.2) is 18.3 Å². The van der Waals surface area contributed by atoms with Crippen LogP contribution in [0.2, 0.25) is 0 Å². The van der Waals surface area contributed by atoms with Gasteiger partial charge >= 0.3 is 0 Å². The number of rotatable bonds is 2. The number of nitrogens with zero attached hydrogens (tertiary/aromatic N) is 5. The van der Waals surface area contributed by atoms with Gasteiger partial charge in [0.1, 0.15) is 17.5 Å². The Morgan fingerprint density at radius 1 is 1.06 bits per heavy atom. The molecule has 8 heteroatoms. The third kappa shape index (κ3) is 3.91. The lowest BCUT2D eigenvalue weighted by molar-refractivity contribution is -0.125. The SMILES string of the molecule is O=C(C#Cc1cnn2ccc(N3CCCC3c3cc(F)ccc3F)nc12)N1CCCCC1. The standard InChI is InChI=1S/C24H23F2N5O/c25-18-7-8-20(26)19(15-18)21-5-4-13-30(21)22-10-14-31-24(28-22)17(16-27-31)6-9-23(32)29-11-2-1-3-12-29/h7-8,10,14-16,21H,1-5,11-13H2. The number of amides is 1. The second kappa shape index (κ2) is 8.58. The van der Waals surface area contributed by atoms with Crippen molar-refractivity contribution < 1.29 is 13.6 Å². The Morgan fingerprint density at radius 3 is 2.75 bits per heavy atom. The summed E-state index contributed by atoms with van der Waals surface area (Å²) in [5.74, 6) is 5.24. The molecule has 1 atom stereocenters. The molecule has 6 nitrogen and oxygen atoms in total. The van der Waals surface area contributed by atoms with Crippen LogP contribution in [0.25, 0.3) is 5.65 Å². The molecule has 2 aliphatic rings. The van der Waals surface area contributed by atoms with Crippen molar-refractivity contribution in [3.63, 3.8) is 0 Å². The molecule has 2 saturated heterocycles. The number of anilines is 1. The minimum absolute atomic E-state index is 0.179. The molecule has 32 heavy (non-hydrogen) atoms. The molecule has 5 rings (SSSR count). The third-order valence-corrected chi connectivity index (χ3v) is 6.17. The van der Waals surface area contributed by atoms with Crippen molar-refractivity contribution in [3.8, 4) is 11.8 Å². The van der Waals surface area contributed by atoms with Crippen LogP contribution >= 0.6 is 0 Å². The lowest BCUT2D eigenvalue weighted by atomic mass is 10.0. The second-order valence-electron chi connectivity index (χ2n) is 8.23. The van der Waals surface area contributed by atoms with Gasteiger partial charge in [0.25, 0.3) is 5.91 Å². The Bertz CT molecular complexity index is 1220. The first-order chi connectivity index (χ1) is 15.6. The summed E-state index contributed by atoms with van der Waals surface area (Å²) in [5.41, 5.74) is 1.43. The van der Waals surface area contributed by atoms with Gasteiger partial charge in [-0.2, -0.15) is 5.10 Å². The zero-order chi connectivity index (χ0) is 22.1. The van der Waals surface area contributed by atoms with Crippen molar-refractivity contribution in [1.29, 1.82) is 0 Å². The van der Waals surface area contributed by atoms with Crippen molar-refractivity contribution in [2.45, 2.75) is 38.1 Å². The zero-order valence-corrected chi connectivity index (χ0v) is 17.6. The lowest BCUT2D eigenvalue weighted by Gasteiger charge is -2.26. The fourth-order valence-electron chi connectivity index (χ4n) is 4.54. The largest absolute Gasteiger partial charge is 0.349 e. The summed E-state index contributed by atoms with van der Waals surface area (Å²) in [4.78, 5) is 20.9. The van der Waals surface area contributed by atoms with Gasteiger partial charge in [0.05, 0.1) is 17.8 Å². The Hall–Kier alpha value is -3.47. The Morgan fingerprint density at radius 2 is 1.91 bits per heavy atom. The van der Waals surface area contributed by atoms with Gasteiger partial charge in [0.15, 0.2) is 5.65 Å². The molecule has 2 aliphatic heterocycles. The van der Waals surface area contributed by atoms with Crippen molar-refractivity contribution in [2.24, 2.45) is 0 Å². The van der Waals surface area contributed by atoms with E-state index in [0.717, 1.165) is 44.8 Å². The molecule has 164 valence electrons. The van der Waals surface area contributed by atoms with Gasteiger partial charge in [0.2, 0.25) is 0 Å². The minimum atomic E-state index is -0.455. The Kier molecular flexibility index (Phi) is 5.48. The Balaban J connectivity index is 1.44. The minimum Gasteiger partial charge on any atom is -0.349 e. The molecule has 2 aromatic heterocycles. The van der Waals surface area contributed by atoms with Gasteiger partial charge < -0.3 is 9.80 Å². The van der Waals surface area contributed by atoms with Crippen LogP contribution in [0.3, 0.4) is 0 Å². The maximum atomic E-state index is 14.4. The van der Waals surface area contributed by atoms with Crippen LogP contribution in [0.5, 0.6) is 0 Å². The molecule has 4 heterocycles. The molecule has 0 spiro atoms. The van der Waals surface area contributed by atoms with Crippen LogP contribution in [0.4, 0.5) is 14.6 Å². The van der Waals surface area contributed by atoms with Crippen molar-refractivity contribution in [2.75, 3.05) is 24.5 Å². The number of carbonyl (C=O) groups is 1. The summed E-state index contributed by atoms with van der Waals surface area (Å²) in [7, 11) is 0. The number of fused-ring (bicyclic) bond motifs is 1. The zero-order valence-electron chi connectivity index (χ0n) is 17.6. The van der Waals surface area contributed by atoms with Crippen LogP contribution in [0.15, 0.2) is 36.7 Å². The summed E-state index contributed by atoms with van der Waals surface area (Å²) in [6, 6.07) is 5.08. The van der Waals surface area contributed by atoms with E-state index in [-0.39, 0.29) is 11.9 Å². The number of halogens is 2. The average molecular weight is 435 g/mol. The van der Waals surface area contributed by atoms with E-state index in [9.17, 15) is 13.6 Å². The van der Waals surface area contributed by atoms with Crippen molar-refractivity contribution in [1.82, 2.24) is 19.5 Å². The maximum Gasteiger partial charge on any atom is 0.298 e. The van der Waals surface area contributed by atoms with E-state index in [4.69, 9.17) is 4.98 Å². The number of carbonyl (C=O) groups excluding carboxylic acids is 1. The first-order valence-corrected chi connectivity index (χ1v) is 11.0. The molecular formula is C24H23F2N5O. The van der Waals surface area contributed by atoms with Gasteiger partial charge in [0, 0.05) is 37.3 Å². The molecule has 2 fully saturated rings. The van der Waals surface area contributed by atoms with E-state index < -0.39 is 11.6 Å². The predicted molar refractivity (Wildman–Crippen MR) is 116 cm³/mol. The molecule has 3 aromatic rings. The van der Waals surface area contributed by atoms with Crippen LogP contribution in [-0.2, 0) is 4.79 Å². The molecule has 1 amide bonds. The normalized spacial score (nSPS) is 18.6. The number of benzene rings is 1. The summed E-state index contributed by atoms with van der Waals surface area (Å²) in [5, 5.41) is 4.28. The maximum absolute atomic E-state index is 14.4. The molecule has 1 aromatic carbocycles. The molecule has 0 N–H and O–H groups in total. The van der Waals surface area contributed by atoms with E-state index in [1.54, 1.807) is 21.8 Å². The quantitative estimate of drug-likeness (QED) is 0.576.